The highest BCUT2D eigenvalue weighted by Gasteiger charge is 2.37. The van der Waals surface area contributed by atoms with E-state index in [9.17, 15) is 18.0 Å². The van der Waals surface area contributed by atoms with Gasteiger partial charge < -0.3 is 20.8 Å². The number of nitrogens with two attached hydrogens (primary N) is 1. The number of carbonyl (C=O) groups excluding carboxylic acids is 2. The summed E-state index contributed by atoms with van der Waals surface area (Å²) >= 11 is 4.94. The van der Waals surface area contributed by atoms with Crippen molar-refractivity contribution in [1.82, 2.24) is 14.6 Å². The molecule has 0 saturated carbocycles. The number of fused-ring (bicyclic) bond motifs is 1. The summed E-state index contributed by atoms with van der Waals surface area (Å²) in [5, 5.41) is 5.11. The van der Waals surface area contributed by atoms with E-state index < -0.39 is 22.0 Å². The molecule has 4 N–H and O–H groups in total. The molecule has 1 atom stereocenters. The van der Waals surface area contributed by atoms with Crippen LogP contribution in [-0.2, 0) is 26.0 Å². The van der Waals surface area contributed by atoms with Crippen molar-refractivity contribution in [2.75, 3.05) is 26.2 Å². The smallest absolute Gasteiger partial charge is 0.266 e. The van der Waals surface area contributed by atoms with Crippen LogP contribution in [0.15, 0.2) is 45.1 Å². The van der Waals surface area contributed by atoms with E-state index in [-0.39, 0.29) is 36.2 Å². The van der Waals surface area contributed by atoms with Crippen LogP contribution in [0, 0.1) is 0 Å². The Labute approximate surface area is 197 Å². The Hall–Kier alpha value is -2.25. The molecule has 2 amide bonds. The van der Waals surface area contributed by atoms with Crippen molar-refractivity contribution in [2.24, 2.45) is 5.73 Å². The molecule has 0 bridgehead atoms. The number of thiophene rings is 1. The van der Waals surface area contributed by atoms with Crippen molar-refractivity contribution < 1.29 is 22.7 Å². The number of hydrogen-bond donors (Lipinski definition) is 3. The fourth-order valence-electron chi connectivity index (χ4n) is 3.59. The first-order valence-electron chi connectivity index (χ1n) is 9.80. The van der Waals surface area contributed by atoms with Crippen LogP contribution in [0.4, 0.5) is 0 Å². The minimum atomic E-state index is -4.14. The van der Waals surface area contributed by atoms with Crippen molar-refractivity contribution >= 4 is 60.0 Å². The first-order valence-corrected chi connectivity index (χ1v) is 12.9. The average Bonchev–Trinajstić information content (AvgIpc) is 3.41. The van der Waals surface area contributed by atoms with E-state index in [2.05, 4.69) is 26.2 Å². The van der Waals surface area contributed by atoms with Crippen molar-refractivity contribution in [3.63, 3.8) is 0 Å². The van der Waals surface area contributed by atoms with E-state index in [1.54, 1.807) is 29.5 Å². The summed E-state index contributed by atoms with van der Waals surface area (Å²) in [6.45, 7) is 0.376. The second-order valence-electron chi connectivity index (χ2n) is 7.23. The first kappa shape index (κ1) is 22.9. The SMILES string of the molecule is NC(=O)c1[nH]c2ccc(Br)cc2c1S(=O)(=O)N1CCOC(C(=O)NCCc2cccs2)C1. The minimum Gasteiger partial charge on any atom is -0.366 e. The van der Waals surface area contributed by atoms with Gasteiger partial charge in [0.15, 0.2) is 0 Å². The number of nitrogens with one attached hydrogen (secondary N) is 2. The molecule has 12 heteroatoms. The molecule has 3 aromatic rings. The molecule has 4 rings (SSSR count). The summed E-state index contributed by atoms with van der Waals surface area (Å²) in [6, 6.07) is 8.93. The normalized spacial score (nSPS) is 17.5. The summed E-state index contributed by atoms with van der Waals surface area (Å²) in [7, 11) is -4.14. The number of halogens is 1. The second-order valence-corrected chi connectivity index (χ2v) is 11.0. The number of rotatable bonds is 7. The molecule has 32 heavy (non-hydrogen) atoms. The van der Waals surface area contributed by atoms with Gasteiger partial charge in [0.2, 0.25) is 10.0 Å². The van der Waals surface area contributed by atoms with E-state index >= 15 is 0 Å². The van der Waals surface area contributed by atoms with Crippen molar-refractivity contribution in [3.05, 3.63) is 50.8 Å². The summed E-state index contributed by atoms with van der Waals surface area (Å²) in [6.07, 6.45) is -0.263. The lowest BCUT2D eigenvalue weighted by atomic mass is 10.2. The van der Waals surface area contributed by atoms with Gasteiger partial charge in [-0.15, -0.1) is 11.3 Å². The third kappa shape index (κ3) is 4.59. The molecule has 1 aliphatic rings. The van der Waals surface area contributed by atoms with Crippen molar-refractivity contribution in [3.8, 4) is 0 Å². The Morgan fingerprint density at radius 2 is 2.16 bits per heavy atom. The Morgan fingerprint density at radius 3 is 2.88 bits per heavy atom. The number of nitrogens with zero attached hydrogens (tertiary/aromatic N) is 1. The summed E-state index contributed by atoms with van der Waals surface area (Å²) in [5.74, 6) is -1.26. The monoisotopic (exact) mass is 540 g/mol. The highest BCUT2D eigenvalue weighted by molar-refractivity contribution is 9.10. The fourth-order valence-corrected chi connectivity index (χ4v) is 6.42. The maximum atomic E-state index is 13.5. The molecule has 1 saturated heterocycles. The third-order valence-electron chi connectivity index (χ3n) is 5.13. The first-order chi connectivity index (χ1) is 15.3. The van der Waals surface area contributed by atoms with E-state index in [0.29, 0.717) is 28.3 Å². The molecule has 9 nitrogen and oxygen atoms in total. The Bertz CT molecular complexity index is 1260. The molecule has 1 unspecified atom stereocenters. The van der Waals surface area contributed by atoms with Crippen LogP contribution in [0.25, 0.3) is 10.9 Å². The standard InChI is InChI=1S/C20H21BrN4O5S2/c21-12-3-4-15-14(10-12)18(17(24-15)19(22)26)32(28,29)25-7-8-30-16(11-25)20(27)23-6-5-13-2-1-9-31-13/h1-4,9-10,16,24H,5-8,11H2,(H2,22,26)(H,23,27). The van der Waals surface area contributed by atoms with Crippen LogP contribution in [0.5, 0.6) is 0 Å². The zero-order valence-corrected chi connectivity index (χ0v) is 20.1. The summed E-state index contributed by atoms with van der Waals surface area (Å²) in [5.41, 5.74) is 5.74. The Morgan fingerprint density at radius 1 is 1.34 bits per heavy atom. The molecule has 1 aromatic carbocycles. The number of primary amides is 1. The summed E-state index contributed by atoms with van der Waals surface area (Å²) in [4.78, 5) is 28.3. The zero-order valence-electron chi connectivity index (χ0n) is 16.8. The lowest BCUT2D eigenvalue weighted by Gasteiger charge is -2.31. The Balaban J connectivity index is 1.55. The van der Waals surface area contributed by atoms with E-state index in [1.807, 2.05) is 17.5 Å². The average molecular weight is 541 g/mol. The molecule has 170 valence electrons. The van der Waals surface area contributed by atoms with Gasteiger partial charge >= 0.3 is 0 Å². The van der Waals surface area contributed by atoms with Gasteiger partial charge in [0.05, 0.1) is 6.61 Å². The third-order valence-corrected chi connectivity index (χ3v) is 8.51. The number of morpholine rings is 1. The number of aromatic nitrogens is 1. The van der Waals surface area contributed by atoms with E-state index in [4.69, 9.17) is 10.5 Å². The summed E-state index contributed by atoms with van der Waals surface area (Å²) < 4.78 is 34.4. The number of ether oxygens (including phenoxy) is 1. The number of sulfonamides is 1. The van der Waals surface area contributed by atoms with Crippen LogP contribution in [0.2, 0.25) is 0 Å². The molecular formula is C20H21BrN4O5S2. The number of carbonyl (C=O) groups is 2. The second kappa shape index (κ2) is 9.32. The molecule has 1 aliphatic heterocycles. The predicted octanol–water partition coefficient (Wildman–Crippen LogP) is 1.84. The van der Waals surface area contributed by atoms with Crippen LogP contribution in [-0.4, -0.2) is 61.9 Å². The maximum absolute atomic E-state index is 13.5. The molecule has 0 aliphatic carbocycles. The van der Waals surface area contributed by atoms with E-state index in [0.717, 1.165) is 9.18 Å². The fraction of sp³-hybridized carbons (Fsp3) is 0.300. The maximum Gasteiger partial charge on any atom is 0.266 e. The van der Waals surface area contributed by atoms with Crippen molar-refractivity contribution in [1.29, 1.82) is 0 Å². The molecular weight excluding hydrogens is 520 g/mol. The minimum absolute atomic E-state index is 0.0557. The van der Waals surface area contributed by atoms with Gasteiger partial charge in [-0.25, -0.2) is 8.42 Å². The van der Waals surface area contributed by atoms with Gasteiger partial charge in [-0.2, -0.15) is 4.31 Å². The van der Waals surface area contributed by atoms with Crippen LogP contribution >= 0.6 is 27.3 Å². The number of amides is 2. The Kier molecular flexibility index (Phi) is 6.67. The number of H-pyrrole nitrogens is 1. The van der Waals surface area contributed by atoms with Crippen LogP contribution < -0.4 is 11.1 Å². The van der Waals surface area contributed by atoms with Gasteiger partial charge in [0.1, 0.15) is 16.7 Å². The highest BCUT2D eigenvalue weighted by Crippen LogP contribution is 2.32. The molecule has 2 aromatic heterocycles. The van der Waals surface area contributed by atoms with E-state index in [1.165, 1.54) is 0 Å². The number of aromatic amines is 1. The lowest BCUT2D eigenvalue weighted by molar-refractivity contribution is -0.136. The zero-order chi connectivity index (χ0) is 22.9. The van der Waals surface area contributed by atoms with Crippen LogP contribution in [0.1, 0.15) is 15.4 Å². The number of hydrogen-bond acceptors (Lipinski definition) is 6. The quantitative estimate of drug-likeness (QED) is 0.420. The molecule has 0 radical (unpaired) electrons. The van der Waals surface area contributed by atoms with Gasteiger partial charge in [0.25, 0.3) is 11.8 Å². The topological polar surface area (TPSA) is 135 Å². The predicted molar refractivity (Wildman–Crippen MR) is 124 cm³/mol. The number of benzene rings is 1. The van der Waals surface area contributed by atoms with Crippen LogP contribution in [0.3, 0.4) is 0 Å². The molecule has 1 fully saturated rings. The molecule has 3 heterocycles. The van der Waals surface area contributed by atoms with Crippen molar-refractivity contribution in [2.45, 2.75) is 17.4 Å². The highest BCUT2D eigenvalue weighted by atomic mass is 79.9. The van der Waals surface area contributed by atoms with Gasteiger partial charge in [-0.3, -0.25) is 9.59 Å². The van der Waals surface area contributed by atoms with Gasteiger partial charge in [0, 0.05) is 39.9 Å². The van der Waals surface area contributed by atoms with Gasteiger partial charge in [-0.05, 0) is 36.1 Å². The molecule has 0 spiro atoms. The largest absolute Gasteiger partial charge is 0.366 e. The van der Waals surface area contributed by atoms with Gasteiger partial charge in [-0.1, -0.05) is 22.0 Å². The lowest BCUT2D eigenvalue weighted by Crippen LogP contribution is -2.51.